The fraction of sp³-hybridized carbons (Fsp3) is 0.294. The molecular weight excluding hydrogens is 334 g/mol. The van der Waals surface area contributed by atoms with E-state index in [1.807, 2.05) is 44.2 Å². The maximum atomic E-state index is 12.7. The predicted octanol–water partition coefficient (Wildman–Crippen LogP) is 3.65. The minimum absolute atomic E-state index is 0.0358. The first kappa shape index (κ1) is 17.8. The van der Waals surface area contributed by atoms with Crippen molar-refractivity contribution in [3.63, 3.8) is 0 Å². The van der Waals surface area contributed by atoms with Crippen molar-refractivity contribution in [2.45, 2.75) is 30.7 Å². The first-order chi connectivity index (χ1) is 10.7. The molecule has 23 heavy (non-hydrogen) atoms. The Balaban J connectivity index is 2.28. The highest BCUT2D eigenvalue weighted by Gasteiger charge is 2.28. The molecule has 0 aliphatic heterocycles. The van der Waals surface area contributed by atoms with Crippen molar-refractivity contribution in [1.82, 2.24) is 4.72 Å². The Bertz CT molecular complexity index is 774. The van der Waals surface area contributed by atoms with Crippen LogP contribution in [0.25, 0.3) is 0 Å². The number of sulfonamides is 1. The minimum Gasteiger partial charge on any atom is -0.495 e. The number of hydrogen-bond donors (Lipinski definition) is 1. The number of methoxy groups -OCH3 is 1. The largest absolute Gasteiger partial charge is 0.495 e. The van der Waals surface area contributed by atoms with E-state index in [0.717, 1.165) is 5.56 Å². The molecule has 0 aromatic heterocycles. The molecule has 4 nitrogen and oxygen atoms in total. The van der Waals surface area contributed by atoms with Crippen molar-refractivity contribution >= 4 is 21.6 Å². The minimum atomic E-state index is -3.76. The zero-order chi connectivity index (χ0) is 17.1. The topological polar surface area (TPSA) is 55.4 Å². The van der Waals surface area contributed by atoms with E-state index in [-0.39, 0.29) is 10.6 Å². The summed E-state index contributed by atoms with van der Waals surface area (Å²) in [5.74, 6) is 0.261. The first-order valence-corrected chi connectivity index (χ1v) is 9.01. The lowest BCUT2D eigenvalue weighted by Crippen LogP contribution is -2.45. The number of hydrogen-bond acceptors (Lipinski definition) is 3. The second-order valence-corrected chi connectivity index (χ2v) is 8.03. The molecule has 0 aliphatic carbocycles. The van der Waals surface area contributed by atoms with Crippen LogP contribution in [0.15, 0.2) is 53.4 Å². The molecule has 0 bridgehead atoms. The zero-order valence-corrected chi connectivity index (χ0v) is 14.9. The summed E-state index contributed by atoms with van der Waals surface area (Å²) in [5, 5.41) is 0.340. The van der Waals surface area contributed by atoms with Crippen LogP contribution in [-0.4, -0.2) is 21.1 Å². The van der Waals surface area contributed by atoms with Gasteiger partial charge in [-0.1, -0.05) is 41.9 Å². The van der Waals surface area contributed by atoms with Gasteiger partial charge in [-0.25, -0.2) is 13.1 Å². The number of nitrogens with one attached hydrogen (secondary N) is 1. The number of halogens is 1. The van der Waals surface area contributed by atoms with Crippen molar-refractivity contribution in [2.24, 2.45) is 0 Å². The maximum absolute atomic E-state index is 12.7. The van der Waals surface area contributed by atoms with Gasteiger partial charge in [0, 0.05) is 10.6 Å². The molecule has 2 aromatic carbocycles. The van der Waals surface area contributed by atoms with Crippen molar-refractivity contribution in [1.29, 1.82) is 0 Å². The average molecular weight is 354 g/mol. The van der Waals surface area contributed by atoms with E-state index in [4.69, 9.17) is 16.3 Å². The molecule has 0 heterocycles. The van der Waals surface area contributed by atoms with Gasteiger partial charge in [-0.05, 0) is 44.0 Å². The normalized spacial score (nSPS) is 12.2. The molecule has 0 aliphatic rings. The SMILES string of the molecule is COc1ccc(Cl)cc1S(=O)(=O)NC(C)(C)Cc1ccccc1. The summed E-state index contributed by atoms with van der Waals surface area (Å²) >= 11 is 5.93. The van der Waals surface area contributed by atoms with Crippen LogP contribution < -0.4 is 9.46 Å². The lowest BCUT2D eigenvalue weighted by Gasteiger charge is -2.26. The van der Waals surface area contributed by atoms with Gasteiger partial charge in [0.2, 0.25) is 10.0 Å². The van der Waals surface area contributed by atoms with Crippen LogP contribution in [0.2, 0.25) is 5.02 Å². The molecule has 0 spiro atoms. The molecule has 124 valence electrons. The molecule has 1 N–H and O–H groups in total. The Labute approximate surface area is 142 Å². The molecule has 0 saturated carbocycles. The fourth-order valence-electron chi connectivity index (χ4n) is 2.42. The highest BCUT2D eigenvalue weighted by Crippen LogP contribution is 2.28. The van der Waals surface area contributed by atoms with E-state index < -0.39 is 15.6 Å². The average Bonchev–Trinajstić information content (AvgIpc) is 2.46. The Morgan fingerprint density at radius 2 is 1.78 bits per heavy atom. The second-order valence-electron chi connectivity index (χ2n) is 5.95. The Morgan fingerprint density at radius 3 is 2.39 bits per heavy atom. The van der Waals surface area contributed by atoms with Crippen LogP contribution >= 0.6 is 11.6 Å². The summed E-state index contributed by atoms with van der Waals surface area (Å²) in [6.07, 6.45) is 0.565. The summed E-state index contributed by atoms with van der Waals surface area (Å²) in [6, 6.07) is 14.3. The van der Waals surface area contributed by atoms with Gasteiger partial charge < -0.3 is 4.74 Å². The highest BCUT2D eigenvalue weighted by molar-refractivity contribution is 7.89. The summed E-state index contributed by atoms with van der Waals surface area (Å²) in [4.78, 5) is 0.0358. The molecule has 0 radical (unpaired) electrons. The van der Waals surface area contributed by atoms with Crippen molar-refractivity contribution in [3.05, 3.63) is 59.1 Å². The summed E-state index contributed by atoms with van der Waals surface area (Å²) in [6.45, 7) is 3.68. The molecule has 2 rings (SSSR count). The Hall–Kier alpha value is -1.56. The molecule has 0 unspecified atom stereocenters. The van der Waals surface area contributed by atoms with Crippen molar-refractivity contribution in [3.8, 4) is 5.75 Å². The number of rotatable bonds is 6. The van der Waals surface area contributed by atoms with Crippen LogP contribution in [0.3, 0.4) is 0 Å². The summed E-state index contributed by atoms with van der Waals surface area (Å²) < 4.78 is 33.3. The van der Waals surface area contributed by atoms with Crippen LogP contribution in [-0.2, 0) is 16.4 Å². The molecule has 6 heteroatoms. The van der Waals surface area contributed by atoms with Crippen molar-refractivity contribution in [2.75, 3.05) is 7.11 Å². The molecule has 0 atom stereocenters. The standard InChI is InChI=1S/C17H20ClNO3S/c1-17(2,12-13-7-5-4-6-8-13)19-23(20,21)16-11-14(18)9-10-15(16)22-3/h4-11,19H,12H2,1-3H3. The van der Waals surface area contributed by atoms with Crippen LogP contribution in [0.1, 0.15) is 19.4 Å². The van der Waals surface area contributed by atoms with E-state index in [2.05, 4.69) is 4.72 Å². The fourth-order valence-corrected chi connectivity index (χ4v) is 4.27. The Morgan fingerprint density at radius 1 is 1.13 bits per heavy atom. The smallest absolute Gasteiger partial charge is 0.244 e. The first-order valence-electron chi connectivity index (χ1n) is 7.15. The van der Waals surface area contributed by atoms with Gasteiger partial charge in [0.1, 0.15) is 10.6 Å². The lowest BCUT2D eigenvalue weighted by molar-refractivity contribution is 0.399. The molecule has 2 aromatic rings. The summed E-state index contributed by atoms with van der Waals surface area (Å²) in [7, 11) is -2.33. The predicted molar refractivity (Wildman–Crippen MR) is 92.6 cm³/mol. The van der Waals surface area contributed by atoms with E-state index in [9.17, 15) is 8.42 Å². The molecular formula is C17H20ClNO3S. The van der Waals surface area contributed by atoms with E-state index in [0.29, 0.717) is 11.4 Å². The zero-order valence-electron chi connectivity index (χ0n) is 13.3. The van der Waals surface area contributed by atoms with Crippen LogP contribution in [0.5, 0.6) is 5.75 Å². The second kappa shape index (κ2) is 6.91. The third-order valence-corrected chi connectivity index (χ3v) is 5.27. The van der Waals surface area contributed by atoms with Gasteiger partial charge in [0.05, 0.1) is 7.11 Å². The quantitative estimate of drug-likeness (QED) is 0.862. The maximum Gasteiger partial charge on any atom is 0.244 e. The van der Waals surface area contributed by atoms with Gasteiger partial charge in [-0.3, -0.25) is 0 Å². The monoisotopic (exact) mass is 353 g/mol. The Kier molecular flexibility index (Phi) is 5.34. The molecule has 0 fully saturated rings. The molecule has 0 saturated heterocycles. The third kappa shape index (κ3) is 4.70. The van der Waals surface area contributed by atoms with Gasteiger partial charge in [-0.15, -0.1) is 0 Å². The third-order valence-electron chi connectivity index (χ3n) is 3.31. The summed E-state index contributed by atoms with van der Waals surface area (Å²) in [5.41, 5.74) is 0.395. The van der Waals surface area contributed by atoms with Gasteiger partial charge in [-0.2, -0.15) is 0 Å². The molecule has 0 amide bonds. The number of benzene rings is 2. The number of ether oxygens (including phenoxy) is 1. The van der Waals surface area contributed by atoms with Crippen LogP contribution in [0, 0.1) is 0 Å². The van der Waals surface area contributed by atoms with E-state index in [1.165, 1.54) is 13.2 Å². The van der Waals surface area contributed by atoms with Gasteiger partial charge >= 0.3 is 0 Å². The van der Waals surface area contributed by atoms with E-state index in [1.54, 1.807) is 12.1 Å². The lowest BCUT2D eigenvalue weighted by atomic mass is 9.96. The van der Waals surface area contributed by atoms with Crippen molar-refractivity contribution < 1.29 is 13.2 Å². The van der Waals surface area contributed by atoms with E-state index >= 15 is 0 Å². The van der Waals surface area contributed by atoms with Gasteiger partial charge in [0.25, 0.3) is 0 Å². The highest BCUT2D eigenvalue weighted by atomic mass is 35.5. The van der Waals surface area contributed by atoms with Crippen LogP contribution in [0.4, 0.5) is 0 Å². The van der Waals surface area contributed by atoms with Gasteiger partial charge in [0.15, 0.2) is 0 Å².